The summed E-state index contributed by atoms with van der Waals surface area (Å²) in [7, 11) is 0. The van der Waals surface area contributed by atoms with Crippen LogP contribution in [0.3, 0.4) is 0 Å². The lowest BCUT2D eigenvalue weighted by Crippen LogP contribution is -2.42. The van der Waals surface area contributed by atoms with E-state index < -0.39 is 17.7 Å². The lowest BCUT2D eigenvalue weighted by molar-refractivity contribution is -0.136. The zero-order valence-electron chi connectivity index (χ0n) is 14.5. The molecule has 6 nitrogen and oxygen atoms in total. The number of amides is 3. The smallest absolute Gasteiger partial charge is 0.323 e. The lowest BCUT2D eigenvalue weighted by atomic mass is 10.1. The summed E-state index contributed by atoms with van der Waals surface area (Å²) in [6, 6.07) is 11.8. The average molecular weight is 339 g/mol. The van der Waals surface area contributed by atoms with E-state index in [4.69, 9.17) is 5.73 Å². The first kappa shape index (κ1) is 18.2. The molecule has 6 heteroatoms. The summed E-state index contributed by atoms with van der Waals surface area (Å²) in [4.78, 5) is 37.7. The van der Waals surface area contributed by atoms with Crippen LogP contribution in [-0.4, -0.2) is 17.7 Å². The highest BCUT2D eigenvalue weighted by Crippen LogP contribution is 2.22. The topological polar surface area (TPSA) is 92.5 Å². The van der Waals surface area contributed by atoms with Crippen LogP contribution in [-0.2, 0) is 20.8 Å². The van der Waals surface area contributed by atoms with Crippen LogP contribution in [0.2, 0.25) is 0 Å². The van der Waals surface area contributed by atoms with Gasteiger partial charge in [-0.1, -0.05) is 25.1 Å². The Labute approximate surface area is 146 Å². The number of rotatable bonds is 3. The zero-order valence-corrected chi connectivity index (χ0v) is 14.5. The van der Waals surface area contributed by atoms with Crippen LogP contribution in [0.1, 0.15) is 25.0 Å². The Morgan fingerprint density at radius 3 is 2.28 bits per heavy atom. The predicted octanol–water partition coefficient (Wildman–Crippen LogP) is 2.66. The number of carbonyl (C=O) groups is 3. The molecular weight excluding hydrogens is 318 g/mol. The number of nitrogens with two attached hydrogens (primary N) is 1. The summed E-state index contributed by atoms with van der Waals surface area (Å²) in [5, 5.41) is 2.64. The summed E-state index contributed by atoms with van der Waals surface area (Å²) in [6.07, 6.45) is 0.708. The number of carbonyl (C=O) groups excluding carboxylic acids is 3. The van der Waals surface area contributed by atoms with Gasteiger partial charge < -0.3 is 11.1 Å². The molecule has 3 amide bonds. The second kappa shape index (κ2) is 7.61. The first-order chi connectivity index (χ1) is 11.8. The normalized spacial score (nSPS) is 10.2. The Morgan fingerprint density at radius 2 is 1.72 bits per heavy atom. The molecule has 0 atom stereocenters. The van der Waals surface area contributed by atoms with Crippen molar-refractivity contribution in [1.29, 1.82) is 0 Å². The van der Waals surface area contributed by atoms with Gasteiger partial charge in [0, 0.05) is 18.3 Å². The largest absolute Gasteiger partial charge is 0.399 e. The monoisotopic (exact) mass is 339 g/mol. The number of nitrogens with zero attached hydrogens (tertiary/aromatic N) is 1. The second-order valence-corrected chi connectivity index (χ2v) is 5.67. The summed E-state index contributed by atoms with van der Waals surface area (Å²) in [6.45, 7) is 5.04. The van der Waals surface area contributed by atoms with E-state index >= 15 is 0 Å². The molecule has 0 fully saturated rings. The SMILES string of the molecule is CCc1cccc(C)c1NC(=O)C(=O)N(C(C)=O)c1ccc(N)cc1. The molecule has 0 radical (unpaired) electrons. The van der Waals surface area contributed by atoms with Gasteiger partial charge in [0.2, 0.25) is 5.91 Å². The summed E-state index contributed by atoms with van der Waals surface area (Å²) in [5.41, 5.74) is 8.78. The number of hydrogen-bond acceptors (Lipinski definition) is 4. The molecule has 2 aromatic carbocycles. The zero-order chi connectivity index (χ0) is 18.6. The minimum absolute atomic E-state index is 0.294. The van der Waals surface area contributed by atoms with Crippen LogP contribution in [0, 0.1) is 6.92 Å². The first-order valence-electron chi connectivity index (χ1n) is 7.95. The van der Waals surface area contributed by atoms with Crippen molar-refractivity contribution in [1.82, 2.24) is 0 Å². The molecule has 0 aromatic heterocycles. The van der Waals surface area contributed by atoms with Crippen molar-refractivity contribution in [2.45, 2.75) is 27.2 Å². The number of imide groups is 1. The van der Waals surface area contributed by atoms with Crippen molar-refractivity contribution >= 4 is 34.8 Å². The molecule has 25 heavy (non-hydrogen) atoms. The minimum atomic E-state index is -0.942. The highest BCUT2D eigenvalue weighted by Gasteiger charge is 2.27. The highest BCUT2D eigenvalue weighted by atomic mass is 16.2. The molecule has 0 unspecified atom stereocenters. The quantitative estimate of drug-likeness (QED) is 0.664. The molecule has 0 aliphatic heterocycles. The van der Waals surface area contributed by atoms with Crippen molar-refractivity contribution < 1.29 is 14.4 Å². The van der Waals surface area contributed by atoms with E-state index in [0.717, 1.165) is 16.0 Å². The van der Waals surface area contributed by atoms with Crippen molar-refractivity contribution in [2.24, 2.45) is 0 Å². The molecule has 0 aliphatic carbocycles. The van der Waals surface area contributed by atoms with Crippen LogP contribution in [0.4, 0.5) is 17.1 Å². The molecule has 0 saturated carbocycles. The Bertz CT molecular complexity index is 813. The van der Waals surface area contributed by atoms with Crippen molar-refractivity contribution in [3.63, 3.8) is 0 Å². The summed E-state index contributed by atoms with van der Waals surface area (Å²) in [5.74, 6) is -2.36. The van der Waals surface area contributed by atoms with Crippen LogP contribution in [0.5, 0.6) is 0 Å². The van der Waals surface area contributed by atoms with Crippen LogP contribution in [0.25, 0.3) is 0 Å². The second-order valence-electron chi connectivity index (χ2n) is 5.67. The highest BCUT2D eigenvalue weighted by molar-refractivity contribution is 6.48. The van der Waals surface area contributed by atoms with Gasteiger partial charge in [0.25, 0.3) is 0 Å². The predicted molar refractivity (Wildman–Crippen MR) is 98.2 cm³/mol. The van der Waals surface area contributed by atoms with E-state index in [-0.39, 0.29) is 0 Å². The molecule has 2 aromatic rings. The number of nitrogens with one attached hydrogen (secondary N) is 1. The Balaban J connectivity index is 2.30. The van der Waals surface area contributed by atoms with Gasteiger partial charge in [0.1, 0.15) is 0 Å². The third kappa shape index (κ3) is 4.03. The van der Waals surface area contributed by atoms with E-state index in [9.17, 15) is 14.4 Å². The average Bonchev–Trinajstić information content (AvgIpc) is 2.58. The number of anilines is 3. The number of hydrogen-bond donors (Lipinski definition) is 2. The third-order valence-corrected chi connectivity index (χ3v) is 3.84. The molecule has 0 saturated heterocycles. The van der Waals surface area contributed by atoms with Crippen LogP contribution < -0.4 is 16.0 Å². The molecular formula is C19H21N3O3. The maximum absolute atomic E-state index is 12.5. The van der Waals surface area contributed by atoms with Gasteiger partial charge in [-0.2, -0.15) is 0 Å². The minimum Gasteiger partial charge on any atom is -0.399 e. The fourth-order valence-corrected chi connectivity index (χ4v) is 2.54. The molecule has 0 heterocycles. The Kier molecular flexibility index (Phi) is 5.54. The number of nitrogen functional groups attached to an aromatic ring is 1. The van der Waals surface area contributed by atoms with E-state index in [0.29, 0.717) is 23.5 Å². The first-order valence-corrected chi connectivity index (χ1v) is 7.95. The van der Waals surface area contributed by atoms with Crippen LogP contribution in [0.15, 0.2) is 42.5 Å². The third-order valence-electron chi connectivity index (χ3n) is 3.84. The molecule has 0 spiro atoms. The maximum Gasteiger partial charge on any atom is 0.323 e. The van der Waals surface area contributed by atoms with E-state index in [1.54, 1.807) is 12.1 Å². The van der Waals surface area contributed by atoms with Gasteiger partial charge in [-0.25, -0.2) is 4.90 Å². The van der Waals surface area contributed by atoms with Gasteiger partial charge in [0.05, 0.1) is 5.69 Å². The van der Waals surface area contributed by atoms with E-state index in [1.165, 1.54) is 19.1 Å². The lowest BCUT2D eigenvalue weighted by Gasteiger charge is -2.20. The maximum atomic E-state index is 12.5. The van der Waals surface area contributed by atoms with Crippen molar-refractivity contribution in [3.05, 3.63) is 53.6 Å². The van der Waals surface area contributed by atoms with Gasteiger partial charge in [-0.15, -0.1) is 0 Å². The molecule has 2 rings (SSSR count). The van der Waals surface area contributed by atoms with Crippen molar-refractivity contribution in [3.8, 4) is 0 Å². The van der Waals surface area contributed by atoms with Gasteiger partial charge in [-0.3, -0.25) is 14.4 Å². The number of para-hydroxylation sites is 1. The molecule has 130 valence electrons. The molecule has 3 N–H and O–H groups in total. The number of aryl methyl sites for hydroxylation is 2. The summed E-state index contributed by atoms with van der Waals surface area (Å²) < 4.78 is 0. The molecule has 0 aliphatic rings. The Morgan fingerprint density at radius 1 is 1.08 bits per heavy atom. The van der Waals surface area contributed by atoms with Crippen LogP contribution >= 0.6 is 0 Å². The van der Waals surface area contributed by atoms with Crippen molar-refractivity contribution in [2.75, 3.05) is 16.0 Å². The van der Waals surface area contributed by atoms with E-state index in [2.05, 4.69) is 5.32 Å². The number of benzene rings is 2. The van der Waals surface area contributed by atoms with Gasteiger partial charge >= 0.3 is 11.8 Å². The molecule has 0 bridgehead atoms. The standard InChI is InChI=1S/C19H21N3O3/c1-4-14-7-5-6-12(2)17(14)21-18(24)19(25)22(13(3)23)16-10-8-15(20)9-11-16/h5-11H,4,20H2,1-3H3,(H,21,24). The van der Waals surface area contributed by atoms with Gasteiger partial charge in [-0.05, 0) is 48.7 Å². The fraction of sp³-hybridized carbons (Fsp3) is 0.211. The fourth-order valence-electron chi connectivity index (χ4n) is 2.54. The van der Waals surface area contributed by atoms with Gasteiger partial charge in [0.15, 0.2) is 0 Å². The summed E-state index contributed by atoms with van der Waals surface area (Å²) >= 11 is 0. The Hall–Kier alpha value is -3.15. The van der Waals surface area contributed by atoms with E-state index in [1.807, 2.05) is 32.0 Å².